The van der Waals surface area contributed by atoms with Crippen LogP contribution in [0.15, 0.2) is 28.7 Å². The van der Waals surface area contributed by atoms with Crippen LogP contribution in [0.4, 0.5) is 5.69 Å². The van der Waals surface area contributed by atoms with Crippen molar-refractivity contribution in [2.45, 2.75) is 13.3 Å². The van der Waals surface area contributed by atoms with E-state index in [1.165, 1.54) is 28.0 Å². The Labute approximate surface area is 118 Å². The fraction of sp³-hybridized carbons (Fsp3) is 0.375. The highest BCUT2D eigenvalue weighted by atomic mass is 32.2. The van der Waals surface area contributed by atoms with Gasteiger partial charge in [0.25, 0.3) is 0 Å². The summed E-state index contributed by atoms with van der Waals surface area (Å²) in [5, 5.41) is 1.21. The summed E-state index contributed by atoms with van der Waals surface area (Å²) in [6, 6.07) is 6.55. The third kappa shape index (κ3) is 2.39. The summed E-state index contributed by atoms with van der Waals surface area (Å²) in [5.74, 6) is 3.35. The molecule has 0 saturated carbocycles. The maximum absolute atomic E-state index is 6.05. The van der Waals surface area contributed by atoms with Gasteiger partial charge in [0.15, 0.2) is 0 Å². The quantitative estimate of drug-likeness (QED) is 0.810. The molecule has 0 bridgehead atoms. The van der Waals surface area contributed by atoms with E-state index in [0.29, 0.717) is 0 Å². The second-order valence-corrected chi connectivity index (χ2v) is 6.39. The first kappa shape index (κ1) is 12.7. The summed E-state index contributed by atoms with van der Waals surface area (Å²) in [6.45, 7) is 2.15. The topological polar surface area (TPSA) is 16.4 Å². The minimum absolute atomic E-state index is 0.989. The van der Waals surface area contributed by atoms with E-state index in [9.17, 15) is 0 Å². The van der Waals surface area contributed by atoms with E-state index in [1.807, 2.05) is 11.8 Å². The molecule has 100 valence electrons. The van der Waals surface area contributed by atoms with Gasteiger partial charge >= 0.3 is 0 Å². The maximum Gasteiger partial charge on any atom is 0.136 e. The van der Waals surface area contributed by atoms with E-state index in [2.05, 4.69) is 50.2 Å². The van der Waals surface area contributed by atoms with Crippen molar-refractivity contribution in [3.63, 3.8) is 0 Å². The van der Waals surface area contributed by atoms with Crippen LogP contribution in [0.25, 0.3) is 16.5 Å². The lowest BCUT2D eigenvalue weighted by atomic mass is 10.1. The Morgan fingerprint density at radius 3 is 2.74 bits per heavy atom. The molecule has 0 atom stereocenters. The lowest BCUT2D eigenvalue weighted by Crippen LogP contribution is -2.09. The number of nitrogens with zero attached hydrogens (tertiary/aromatic N) is 1. The minimum atomic E-state index is 0.989. The van der Waals surface area contributed by atoms with Crippen LogP contribution < -0.4 is 4.90 Å². The number of hydrogen-bond acceptors (Lipinski definition) is 3. The number of rotatable bonds is 2. The molecule has 0 fully saturated rings. The Hall–Kier alpha value is -1.35. The van der Waals surface area contributed by atoms with Gasteiger partial charge in [-0.05, 0) is 42.4 Å². The minimum Gasteiger partial charge on any atom is -0.456 e. The van der Waals surface area contributed by atoms with Crippen LogP contribution in [0.5, 0.6) is 0 Å². The smallest absolute Gasteiger partial charge is 0.136 e. The zero-order valence-electron chi connectivity index (χ0n) is 11.7. The fourth-order valence-electron chi connectivity index (χ4n) is 2.58. The van der Waals surface area contributed by atoms with E-state index in [-0.39, 0.29) is 0 Å². The summed E-state index contributed by atoms with van der Waals surface area (Å²) in [6.07, 6.45) is 3.41. The second-order valence-electron chi connectivity index (χ2n) is 5.24. The number of fused-ring (bicyclic) bond motifs is 1. The van der Waals surface area contributed by atoms with Crippen molar-refractivity contribution in [1.82, 2.24) is 0 Å². The first-order valence-corrected chi connectivity index (χ1v) is 7.79. The molecule has 1 aromatic heterocycles. The average Bonchev–Trinajstić information content (AvgIpc) is 2.81. The molecule has 0 radical (unpaired) electrons. The average molecular weight is 273 g/mol. The maximum atomic E-state index is 6.05. The van der Waals surface area contributed by atoms with Crippen LogP contribution in [0.2, 0.25) is 0 Å². The molecule has 0 spiro atoms. The van der Waals surface area contributed by atoms with Crippen molar-refractivity contribution in [3.8, 4) is 0 Å². The predicted molar refractivity (Wildman–Crippen MR) is 85.2 cm³/mol. The van der Waals surface area contributed by atoms with Gasteiger partial charge in [-0.15, -0.1) is 0 Å². The van der Waals surface area contributed by atoms with Gasteiger partial charge in [0, 0.05) is 37.0 Å². The Bertz CT molecular complexity index is 639. The van der Waals surface area contributed by atoms with Crippen LogP contribution >= 0.6 is 11.8 Å². The Balaban J connectivity index is 2.08. The van der Waals surface area contributed by atoms with Crippen molar-refractivity contribution in [2.24, 2.45) is 0 Å². The molecular weight excluding hydrogens is 254 g/mol. The van der Waals surface area contributed by atoms with Gasteiger partial charge in [0.2, 0.25) is 0 Å². The van der Waals surface area contributed by atoms with Gasteiger partial charge < -0.3 is 9.32 Å². The third-order valence-corrected chi connectivity index (χ3v) is 4.49. The number of thioether (sulfide) groups is 1. The SMILES string of the molecule is Cc1cc2cc(C3=CCSCC3)oc2cc1N(C)C. The molecule has 19 heavy (non-hydrogen) atoms. The summed E-state index contributed by atoms with van der Waals surface area (Å²) in [7, 11) is 4.14. The second kappa shape index (κ2) is 4.97. The number of hydrogen-bond donors (Lipinski definition) is 0. The van der Waals surface area contributed by atoms with E-state index in [1.54, 1.807) is 0 Å². The predicted octanol–water partition coefficient (Wildman–Crippen LogP) is 4.33. The zero-order valence-corrected chi connectivity index (χ0v) is 12.5. The van der Waals surface area contributed by atoms with Crippen LogP contribution in [-0.2, 0) is 0 Å². The van der Waals surface area contributed by atoms with Gasteiger partial charge in [-0.2, -0.15) is 11.8 Å². The van der Waals surface area contributed by atoms with Crippen LogP contribution in [0.1, 0.15) is 17.7 Å². The molecule has 0 saturated heterocycles. The van der Waals surface area contributed by atoms with Gasteiger partial charge in [0.1, 0.15) is 11.3 Å². The molecule has 3 heteroatoms. The Kier molecular flexibility index (Phi) is 3.31. The van der Waals surface area contributed by atoms with Gasteiger partial charge in [-0.3, -0.25) is 0 Å². The van der Waals surface area contributed by atoms with Crippen LogP contribution in [0, 0.1) is 6.92 Å². The number of anilines is 1. The largest absolute Gasteiger partial charge is 0.456 e. The van der Waals surface area contributed by atoms with Crippen molar-refractivity contribution in [1.29, 1.82) is 0 Å². The van der Waals surface area contributed by atoms with E-state index in [4.69, 9.17) is 4.42 Å². The molecule has 2 nitrogen and oxygen atoms in total. The lowest BCUT2D eigenvalue weighted by Gasteiger charge is -2.15. The molecule has 0 N–H and O–H groups in total. The number of allylic oxidation sites excluding steroid dienone is 1. The lowest BCUT2D eigenvalue weighted by molar-refractivity contribution is 0.597. The highest BCUT2D eigenvalue weighted by Crippen LogP contribution is 2.33. The van der Waals surface area contributed by atoms with E-state index in [0.717, 1.165) is 23.5 Å². The van der Waals surface area contributed by atoms with Crippen molar-refractivity contribution >= 4 is 34.0 Å². The van der Waals surface area contributed by atoms with Gasteiger partial charge in [-0.1, -0.05) is 6.08 Å². The molecule has 0 amide bonds. The Morgan fingerprint density at radius 1 is 1.21 bits per heavy atom. The summed E-state index contributed by atoms with van der Waals surface area (Å²) in [5.41, 5.74) is 4.86. The molecule has 1 aliphatic heterocycles. The molecule has 1 aliphatic rings. The third-order valence-electron chi connectivity index (χ3n) is 3.60. The number of furan rings is 1. The first-order valence-electron chi connectivity index (χ1n) is 6.64. The zero-order chi connectivity index (χ0) is 13.4. The molecule has 0 aliphatic carbocycles. The summed E-state index contributed by atoms with van der Waals surface area (Å²) in [4.78, 5) is 2.13. The van der Waals surface area contributed by atoms with Crippen LogP contribution in [0.3, 0.4) is 0 Å². The van der Waals surface area contributed by atoms with Crippen molar-refractivity contribution in [3.05, 3.63) is 35.6 Å². The molecule has 2 aromatic rings. The number of benzene rings is 1. The summed E-state index contributed by atoms with van der Waals surface area (Å²) >= 11 is 1.98. The molecule has 3 rings (SSSR count). The highest BCUT2D eigenvalue weighted by molar-refractivity contribution is 7.99. The van der Waals surface area contributed by atoms with E-state index >= 15 is 0 Å². The normalized spacial score (nSPS) is 15.6. The van der Waals surface area contributed by atoms with E-state index < -0.39 is 0 Å². The van der Waals surface area contributed by atoms with Crippen molar-refractivity contribution in [2.75, 3.05) is 30.5 Å². The Morgan fingerprint density at radius 2 is 2.05 bits per heavy atom. The highest BCUT2D eigenvalue weighted by Gasteiger charge is 2.13. The molecule has 2 heterocycles. The van der Waals surface area contributed by atoms with Crippen LogP contribution in [-0.4, -0.2) is 25.6 Å². The monoisotopic (exact) mass is 273 g/mol. The van der Waals surface area contributed by atoms with Gasteiger partial charge in [0.05, 0.1) is 0 Å². The summed E-state index contributed by atoms with van der Waals surface area (Å²) < 4.78 is 6.05. The molecule has 1 aromatic carbocycles. The first-order chi connectivity index (χ1) is 9.15. The van der Waals surface area contributed by atoms with Gasteiger partial charge in [-0.25, -0.2) is 0 Å². The molecular formula is C16H19NOS. The van der Waals surface area contributed by atoms with Crippen molar-refractivity contribution < 1.29 is 4.42 Å². The molecule has 0 unspecified atom stereocenters. The fourth-order valence-corrected chi connectivity index (χ4v) is 3.43. The standard InChI is InChI=1S/C16H19NOS/c1-11-8-13-9-15(12-4-6-19-7-5-12)18-16(13)10-14(11)17(2)3/h4,8-10H,5-7H2,1-3H3. The number of aryl methyl sites for hydroxylation is 1.